The highest BCUT2D eigenvalue weighted by molar-refractivity contribution is 5.71. The Hall–Kier alpha value is -4.97. The Kier molecular flexibility index (Phi) is 56.5. The minimum Gasteiger partial charge on any atom is -0.462 e. The summed E-state index contributed by atoms with van der Waals surface area (Å²) in [6.07, 6.45) is 88.3. The molecule has 0 spiro atoms. The summed E-state index contributed by atoms with van der Waals surface area (Å²) in [6.45, 7) is 6.30. The molecule has 6 heteroatoms. The summed E-state index contributed by atoms with van der Waals surface area (Å²) in [5.74, 6) is -0.997. The van der Waals surface area contributed by atoms with Gasteiger partial charge in [-0.1, -0.05) is 249 Å². The van der Waals surface area contributed by atoms with Crippen molar-refractivity contribution in [1.29, 1.82) is 0 Å². The largest absolute Gasteiger partial charge is 0.462 e. The molecule has 0 aromatic heterocycles. The van der Waals surface area contributed by atoms with Gasteiger partial charge in [0.25, 0.3) is 0 Å². The summed E-state index contributed by atoms with van der Waals surface area (Å²) in [5, 5.41) is 0. The number of carbonyl (C=O) groups is 3. The molecule has 0 saturated carbocycles. The van der Waals surface area contributed by atoms with Crippen LogP contribution in [0.2, 0.25) is 0 Å². The maximum atomic E-state index is 12.8. The molecule has 0 aromatic rings. The highest BCUT2D eigenvalue weighted by atomic mass is 16.6. The van der Waals surface area contributed by atoms with Crippen molar-refractivity contribution in [1.82, 2.24) is 0 Å². The standard InChI is InChI=1S/C68H106O6/c1-4-7-10-13-16-19-21-23-25-27-29-30-31-32-33-34-35-36-37-38-40-41-43-45-47-49-52-55-58-61-67(70)73-64-65(63-72-66(69)60-57-54-51-18-15-12-9-6-3)74-68(71)62-59-56-53-50-48-46-44-42-39-28-26-24-22-20-17-14-11-8-5-2/h7-8,10-11,16-17,19-20,23-26,29-30,32-33,35-36,38-40,42-43,45,49,52,65H,4-6,9,12-15,18,21-22,27-28,31,34,37,41,44,46-48,50-51,53-64H2,1-3H3/b10-7-,11-8-,19-16-,20-17-,25-23-,26-24-,30-29-,33-32-,36-35-,40-38-,42-39-,45-43-,52-49-. The Morgan fingerprint density at radius 1 is 0.284 bits per heavy atom. The van der Waals surface area contributed by atoms with Crippen LogP contribution in [0.3, 0.4) is 0 Å². The van der Waals surface area contributed by atoms with Crippen molar-refractivity contribution < 1.29 is 28.6 Å². The zero-order valence-electron chi connectivity index (χ0n) is 47.3. The number of hydrogen-bond acceptors (Lipinski definition) is 6. The molecule has 0 aliphatic rings. The molecular formula is C68H106O6. The molecule has 74 heavy (non-hydrogen) atoms. The number of hydrogen-bond donors (Lipinski definition) is 0. The minimum absolute atomic E-state index is 0.107. The molecule has 0 heterocycles. The Morgan fingerprint density at radius 2 is 0.541 bits per heavy atom. The van der Waals surface area contributed by atoms with Crippen LogP contribution in [0.1, 0.15) is 233 Å². The summed E-state index contributed by atoms with van der Waals surface area (Å²) in [4.78, 5) is 38.0. The molecule has 6 nitrogen and oxygen atoms in total. The average Bonchev–Trinajstić information content (AvgIpc) is 3.40. The van der Waals surface area contributed by atoms with Crippen molar-refractivity contribution in [3.05, 3.63) is 158 Å². The van der Waals surface area contributed by atoms with Gasteiger partial charge in [-0.15, -0.1) is 0 Å². The zero-order valence-corrected chi connectivity index (χ0v) is 47.3. The van der Waals surface area contributed by atoms with Crippen LogP contribution in [0.15, 0.2) is 158 Å². The van der Waals surface area contributed by atoms with Crippen molar-refractivity contribution in [2.75, 3.05) is 13.2 Å². The number of rotatable bonds is 51. The minimum atomic E-state index is -0.814. The van der Waals surface area contributed by atoms with Crippen LogP contribution in [0.25, 0.3) is 0 Å². The average molecular weight is 1020 g/mol. The Balaban J connectivity index is 4.38. The molecule has 1 atom stereocenters. The highest BCUT2D eigenvalue weighted by Gasteiger charge is 2.19. The molecule has 0 rings (SSSR count). The van der Waals surface area contributed by atoms with Gasteiger partial charge in [-0.3, -0.25) is 14.4 Å². The van der Waals surface area contributed by atoms with E-state index >= 15 is 0 Å². The van der Waals surface area contributed by atoms with Crippen LogP contribution >= 0.6 is 0 Å². The molecule has 0 N–H and O–H groups in total. The summed E-state index contributed by atoms with van der Waals surface area (Å²) in [6, 6.07) is 0. The van der Waals surface area contributed by atoms with Crippen LogP contribution < -0.4 is 0 Å². The summed E-state index contributed by atoms with van der Waals surface area (Å²) >= 11 is 0. The predicted octanol–water partition coefficient (Wildman–Crippen LogP) is 20.1. The Labute approximate surface area is 454 Å². The second kappa shape index (κ2) is 60.6. The second-order valence-corrected chi connectivity index (χ2v) is 18.8. The topological polar surface area (TPSA) is 78.9 Å². The molecule has 0 bridgehead atoms. The smallest absolute Gasteiger partial charge is 0.306 e. The van der Waals surface area contributed by atoms with Gasteiger partial charge in [-0.25, -0.2) is 0 Å². The monoisotopic (exact) mass is 1020 g/mol. The van der Waals surface area contributed by atoms with E-state index in [4.69, 9.17) is 14.2 Å². The lowest BCUT2D eigenvalue weighted by Crippen LogP contribution is -2.30. The molecule has 414 valence electrons. The van der Waals surface area contributed by atoms with Gasteiger partial charge < -0.3 is 14.2 Å². The number of carbonyl (C=O) groups excluding carboxylic acids is 3. The molecule has 0 saturated heterocycles. The van der Waals surface area contributed by atoms with Crippen molar-refractivity contribution in [3.8, 4) is 0 Å². The van der Waals surface area contributed by atoms with Crippen LogP contribution in [0.5, 0.6) is 0 Å². The van der Waals surface area contributed by atoms with E-state index in [1.54, 1.807) is 0 Å². The van der Waals surface area contributed by atoms with Crippen molar-refractivity contribution in [3.63, 3.8) is 0 Å². The van der Waals surface area contributed by atoms with E-state index in [1.165, 1.54) is 44.9 Å². The van der Waals surface area contributed by atoms with E-state index in [0.29, 0.717) is 19.3 Å². The van der Waals surface area contributed by atoms with Gasteiger partial charge in [0.05, 0.1) is 0 Å². The van der Waals surface area contributed by atoms with Gasteiger partial charge in [0.2, 0.25) is 0 Å². The summed E-state index contributed by atoms with van der Waals surface area (Å²) in [7, 11) is 0. The fourth-order valence-electron chi connectivity index (χ4n) is 7.43. The first-order valence-electron chi connectivity index (χ1n) is 29.5. The summed E-state index contributed by atoms with van der Waals surface area (Å²) in [5.41, 5.74) is 0. The number of allylic oxidation sites excluding steroid dienone is 26. The van der Waals surface area contributed by atoms with Crippen molar-refractivity contribution in [2.45, 2.75) is 239 Å². The lowest BCUT2D eigenvalue weighted by molar-refractivity contribution is -0.167. The lowest BCUT2D eigenvalue weighted by Gasteiger charge is -2.18. The Bertz CT molecular complexity index is 1690. The maximum absolute atomic E-state index is 12.8. The fourth-order valence-corrected chi connectivity index (χ4v) is 7.43. The highest BCUT2D eigenvalue weighted by Crippen LogP contribution is 2.13. The van der Waals surface area contributed by atoms with Crippen molar-refractivity contribution in [2.24, 2.45) is 0 Å². The van der Waals surface area contributed by atoms with Crippen LogP contribution in [0, 0.1) is 0 Å². The first-order valence-corrected chi connectivity index (χ1v) is 29.5. The zero-order chi connectivity index (χ0) is 53.6. The predicted molar refractivity (Wildman–Crippen MR) is 320 cm³/mol. The summed E-state index contributed by atoms with van der Waals surface area (Å²) < 4.78 is 16.7. The van der Waals surface area contributed by atoms with E-state index in [1.807, 2.05) is 0 Å². The first-order chi connectivity index (χ1) is 36.5. The quantitative estimate of drug-likeness (QED) is 0.0261. The molecular weight excluding hydrogens is 913 g/mol. The van der Waals surface area contributed by atoms with E-state index < -0.39 is 6.10 Å². The fraction of sp³-hybridized carbons (Fsp3) is 0.574. The van der Waals surface area contributed by atoms with Gasteiger partial charge in [0, 0.05) is 19.3 Å². The van der Waals surface area contributed by atoms with E-state index in [2.05, 4.69) is 179 Å². The molecule has 0 fully saturated rings. The third kappa shape index (κ3) is 57.9. The third-order valence-corrected chi connectivity index (χ3v) is 11.8. The van der Waals surface area contributed by atoms with Gasteiger partial charge in [0.1, 0.15) is 13.2 Å². The normalized spacial score (nSPS) is 13.3. The Morgan fingerprint density at radius 3 is 0.878 bits per heavy atom. The molecule has 0 aliphatic carbocycles. The van der Waals surface area contributed by atoms with E-state index in [9.17, 15) is 14.4 Å². The molecule has 0 aliphatic heterocycles. The van der Waals surface area contributed by atoms with Gasteiger partial charge in [-0.05, 0) is 122 Å². The van der Waals surface area contributed by atoms with Gasteiger partial charge >= 0.3 is 17.9 Å². The van der Waals surface area contributed by atoms with E-state index in [0.717, 1.165) is 141 Å². The first kappa shape index (κ1) is 69.0. The van der Waals surface area contributed by atoms with Crippen LogP contribution in [0.4, 0.5) is 0 Å². The van der Waals surface area contributed by atoms with E-state index in [-0.39, 0.29) is 37.5 Å². The number of esters is 3. The molecule has 0 aromatic carbocycles. The van der Waals surface area contributed by atoms with Gasteiger partial charge in [0.15, 0.2) is 6.10 Å². The molecule has 0 radical (unpaired) electrons. The van der Waals surface area contributed by atoms with Crippen LogP contribution in [-0.4, -0.2) is 37.2 Å². The lowest BCUT2D eigenvalue weighted by atomic mass is 10.1. The molecule has 1 unspecified atom stereocenters. The third-order valence-electron chi connectivity index (χ3n) is 11.8. The number of unbranched alkanes of at least 4 members (excludes halogenated alkanes) is 14. The van der Waals surface area contributed by atoms with Crippen LogP contribution in [-0.2, 0) is 28.6 Å². The second-order valence-electron chi connectivity index (χ2n) is 18.8. The maximum Gasteiger partial charge on any atom is 0.306 e. The van der Waals surface area contributed by atoms with Crippen molar-refractivity contribution >= 4 is 17.9 Å². The van der Waals surface area contributed by atoms with Gasteiger partial charge in [-0.2, -0.15) is 0 Å². The molecule has 0 amide bonds. The SMILES string of the molecule is CC/C=C\C/C=C\C/C=C\C/C=C\C/C=C\C/C=C\C/C=C\C/C=C\C/C=C\CCCC(=O)OCC(COC(=O)CCCCCCCCCC)OC(=O)CCCCCCCC/C=C\C/C=C\C/C=C\C/C=C\CC. The number of ether oxygens (including phenoxy) is 3.